The summed E-state index contributed by atoms with van der Waals surface area (Å²) in [6, 6.07) is 0. The lowest BCUT2D eigenvalue weighted by molar-refractivity contribution is -0.134. The van der Waals surface area contributed by atoms with Crippen LogP contribution in [-0.2, 0) is 9.53 Å². The number of anilines is 1. The zero-order valence-electron chi connectivity index (χ0n) is 12.7. The molecular weight excluding hydrogens is 300 g/mol. The fourth-order valence-corrected chi connectivity index (χ4v) is 4.71. The van der Waals surface area contributed by atoms with Crippen LogP contribution in [0.2, 0.25) is 0 Å². The summed E-state index contributed by atoms with van der Waals surface area (Å²) in [5.74, 6) is 0.403. The molecule has 1 amide bonds. The van der Waals surface area contributed by atoms with Crippen LogP contribution in [0.5, 0.6) is 0 Å². The van der Waals surface area contributed by atoms with Gasteiger partial charge in [0, 0.05) is 38.2 Å². The third-order valence-electron chi connectivity index (χ3n) is 5.31. The Morgan fingerprint density at radius 1 is 1.36 bits per heavy atom. The van der Waals surface area contributed by atoms with Gasteiger partial charge in [0.25, 0.3) is 0 Å². The molecular formula is C15H22N4O2S. The first-order valence-electron chi connectivity index (χ1n) is 8.13. The highest BCUT2D eigenvalue weighted by molar-refractivity contribution is 7.13. The highest BCUT2D eigenvalue weighted by atomic mass is 32.1. The number of carbonyl (C=O) groups is 1. The number of amides is 1. The maximum Gasteiger partial charge on any atom is 0.228 e. The molecule has 6 nitrogen and oxygen atoms in total. The van der Waals surface area contributed by atoms with E-state index in [1.165, 1.54) is 12.8 Å². The van der Waals surface area contributed by atoms with E-state index in [0.29, 0.717) is 12.5 Å². The predicted molar refractivity (Wildman–Crippen MR) is 83.9 cm³/mol. The Balaban J connectivity index is 1.43. The van der Waals surface area contributed by atoms with E-state index in [1.807, 2.05) is 0 Å². The van der Waals surface area contributed by atoms with Gasteiger partial charge < -0.3 is 14.5 Å². The normalized spacial score (nSPS) is 32.1. The largest absolute Gasteiger partial charge is 0.381 e. The molecule has 0 aromatic carbocycles. The second kappa shape index (κ2) is 5.77. The minimum absolute atomic E-state index is 0.0954. The van der Waals surface area contributed by atoms with Crippen molar-refractivity contribution in [2.45, 2.75) is 25.7 Å². The Morgan fingerprint density at radius 3 is 3.09 bits per heavy atom. The lowest BCUT2D eigenvalue weighted by atomic mass is 9.79. The second-order valence-electron chi connectivity index (χ2n) is 6.82. The van der Waals surface area contributed by atoms with Crippen LogP contribution in [0.4, 0.5) is 5.13 Å². The Kier molecular flexibility index (Phi) is 3.78. The molecule has 3 aliphatic rings. The summed E-state index contributed by atoms with van der Waals surface area (Å²) in [5, 5.41) is 9.19. The molecule has 3 fully saturated rings. The van der Waals surface area contributed by atoms with E-state index >= 15 is 0 Å². The molecule has 1 aromatic rings. The van der Waals surface area contributed by atoms with Crippen molar-refractivity contribution in [2.24, 2.45) is 11.3 Å². The van der Waals surface area contributed by atoms with E-state index in [0.717, 1.165) is 50.8 Å². The number of hydrogen-bond donors (Lipinski definition) is 0. The molecule has 2 atom stereocenters. The number of piperidine rings is 1. The van der Waals surface area contributed by atoms with Gasteiger partial charge in [-0.2, -0.15) is 0 Å². The van der Waals surface area contributed by atoms with Crippen LogP contribution >= 0.6 is 11.3 Å². The first-order valence-corrected chi connectivity index (χ1v) is 9.01. The van der Waals surface area contributed by atoms with Gasteiger partial charge >= 0.3 is 0 Å². The smallest absolute Gasteiger partial charge is 0.228 e. The number of carbonyl (C=O) groups excluding carboxylic acids is 1. The van der Waals surface area contributed by atoms with Gasteiger partial charge in [0.05, 0.1) is 12.5 Å². The van der Waals surface area contributed by atoms with Gasteiger partial charge in [0.2, 0.25) is 11.0 Å². The third-order valence-corrected chi connectivity index (χ3v) is 6.06. The molecule has 120 valence electrons. The fourth-order valence-electron chi connectivity index (χ4n) is 4.12. The molecule has 0 radical (unpaired) electrons. The summed E-state index contributed by atoms with van der Waals surface area (Å²) in [6.07, 6.45) is 4.39. The van der Waals surface area contributed by atoms with Crippen LogP contribution in [-0.4, -0.2) is 60.4 Å². The van der Waals surface area contributed by atoms with E-state index in [2.05, 4.69) is 20.0 Å². The van der Waals surface area contributed by atoms with Crippen LogP contribution in [0.1, 0.15) is 25.7 Å². The van der Waals surface area contributed by atoms with Crippen LogP contribution in [0.15, 0.2) is 5.51 Å². The number of likely N-dealkylation sites (tertiary alicyclic amines) is 1. The maximum absolute atomic E-state index is 12.6. The topological polar surface area (TPSA) is 58.6 Å². The van der Waals surface area contributed by atoms with Gasteiger partial charge in [-0.05, 0) is 25.7 Å². The minimum atomic E-state index is 0.0954. The molecule has 3 saturated heterocycles. The predicted octanol–water partition coefficient (Wildman–Crippen LogP) is 1.39. The van der Waals surface area contributed by atoms with Crippen molar-refractivity contribution in [3.63, 3.8) is 0 Å². The first-order chi connectivity index (χ1) is 10.8. The van der Waals surface area contributed by atoms with Gasteiger partial charge in [0.15, 0.2) is 0 Å². The standard InChI is InChI=1S/C15H22N4O2S/c20-13(12-2-7-21-8-12)18-6-4-15(9-18)3-1-5-19(10-15)14-17-16-11-22-14/h11-12H,1-10H2/t12-,15-/m1/s1. The van der Waals surface area contributed by atoms with Crippen LogP contribution in [0.3, 0.4) is 0 Å². The average Bonchev–Trinajstić information content (AvgIpc) is 3.29. The molecule has 0 aliphatic carbocycles. The molecule has 1 aromatic heterocycles. The molecule has 0 unspecified atom stereocenters. The summed E-state index contributed by atoms with van der Waals surface area (Å²) in [4.78, 5) is 17.0. The van der Waals surface area contributed by atoms with E-state index in [1.54, 1.807) is 16.8 Å². The highest BCUT2D eigenvalue weighted by Crippen LogP contribution is 2.41. The number of ether oxygens (including phenoxy) is 1. The summed E-state index contributed by atoms with van der Waals surface area (Å²) in [6.45, 7) is 5.21. The van der Waals surface area contributed by atoms with Crippen molar-refractivity contribution in [3.05, 3.63) is 5.51 Å². The zero-order valence-corrected chi connectivity index (χ0v) is 13.6. The van der Waals surface area contributed by atoms with E-state index in [9.17, 15) is 4.79 Å². The Hall–Kier alpha value is -1.21. The monoisotopic (exact) mass is 322 g/mol. The summed E-state index contributed by atoms with van der Waals surface area (Å²) < 4.78 is 5.37. The van der Waals surface area contributed by atoms with Crippen molar-refractivity contribution in [3.8, 4) is 0 Å². The molecule has 7 heteroatoms. The summed E-state index contributed by atoms with van der Waals surface area (Å²) in [5.41, 5.74) is 2.04. The number of hydrogen-bond acceptors (Lipinski definition) is 6. The Bertz CT molecular complexity index is 532. The van der Waals surface area contributed by atoms with Crippen molar-refractivity contribution in [1.82, 2.24) is 15.1 Å². The molecule has 4 rings (SSSR count). The van der Waals surface area contributed by atoms with Crippen LogP contribution < -0.4 is 4.90 Å². The highest BCUT2D eigenvalue weighted by Gasteiger charge is 2.44. The van der Waals surface area contributed by atoms with Gasteiger partial charge in [-0.25, -0.2) is 0 Å². The van der Waals surface area contributed by atoms with E-state index < -0.39 is 0 Å². The quantitative estimate of drug-likeness (QED) is 0.823. The van der Waals surface area contributed by atoms with Crippen molar-refractivity contribution < 1.29 is 9.53 Å². The van der Waals surface area contributed by atoms with Gasteiger partial charge in [-0.15, -0.1) is 10.2 Å². The lowest BCUT2D eigenvalue weighted by Crippen LogP contribution is -2.46. The van der Waals surface area contributed by atoms with Crippen molar-refractivity contribution >= 4 is 22.4 Å². The van der Waals surface area contributed by atoms with E-state index in [4.69, 9.17) is 4.74 Å². The molecule has 3 aliphatic heterocycles. The summed E-state index contributed by atoms with van der Waals surface area (Å²) >= 11 is 1.61. The van der Waals surface area contributed by atoms with Gasteiger partial charge in [-0.3, -0.25) is 4.79 Å². The van der Waals surface area contributed by atoms with Crippen LogP contribution in [0.25, 0.3) is 0 Å². The zero-order chi connectivity index (χ0) is 15.0. The van der Waals surface area contributed by atoms with Gasteiger partial charge in [0.1, 0.15) is 5.51 Å². The van der Waals surface area contributed by atoms with Crippen molar-refractivity contribution in [1.29, 1.82) is 0 Å². The minimum Gasteiger partial charge on any atom is -0.381 e. The van der Waals surface area contributed by atoms with E-state index in [-0.39, 0.29) is 11.3 Å². The Labute approximate surface area is 134 Å². The number of aromatic nitrogens is 2. The average molecular weight is 322 g/mol. The first kappa shape index (κ1) is 14.4. The molecule has 0 N–H and O–H groups in total. The summed E-state index contributed by atoms with van der Waals surface area (Å²) in [7, 11) is 0. The lowest BCUT2D eigenvalue weighted by Gasteiger charge is -2.40. The molecule has 0 bridgehead atoms. The van der Waals surface area contributed by atoms with Crippen molar-refractivity contribution in [2.75, 3.05) is 44.3 Å². The Morgan fingerprint density at radius 2 is 2.32 bits per heavy atom. The third kappa shape index (κ3) is 2.60. The fraction of sp³-hybridized carbons (Fsp3) is 0.800. The molecule has 0 saturated carbocycles. The maximum atomic E-state index is 12.6. The number of nitrogens with zero attached hydrogens (tertiary/aromatic N) is 4. The van der Waals surface area contributed by atoms with Crippen LogP contribution in [0, 0.1) is 11.3 Å². The van der Waals surface area contributed by atoms with Gasteiger partial charge in [-0.1, -0.05) is 11.3 Å². The number of rotatable bonds is 2. The molecule has 22 heavy (non-hydrogen) atoms. The second-order valence-corrected chi connectivity index (χ2v) is 7.63. The molecule has 4 heterocycles. The SMILES string of the molecule is O=C([C@@H]1CCOC1)N1CC[C@]2(CCCN(c3nncs3)C2)C1. The molecule has 1 spiro atoms.